The summed E-state index contributed by atoms with van der Waals surface area (Å²) in [5.74, 6) is 0.489. The summed E-state index contributed by atoms with van der Waals surface area (Å²) in [6, 6.07) is 3.78. The Kier molecular flexibility index (Phi) is 2.33. The highest BCUT2D eigenvalue weighted by atomic mass is 15.3. The van der Waals surface area contributed by atoms with Gasteiger partial charge in [0.1, 0.15) is 5.82 Å². The van der Waals surface area contributed by atoms with E-state index >= 15 is 0 Å². The van der Waals surface area contributed by atoms with E-state index < -0.39 is 0 Å². The van der Waals surface area contributed by atoms with E-state index in [0.717, 1.165) is 16.9 Å². The number of imidazole rings is 1. The van der Waals surface area contributed by atoms with Crippen LogP contribution in [0, 0.1) is 0 Å². The van der Waals surface area contributed by atoms with Gasteiger partial charge in [0, 0.05) is 25.0 Å². The van der Waals surface area contributed by atoms with E-state index in [9.17, 15) is 0 Å². The maximum absolute atomic E-state index is 5.89. The molecule has 3 rings (SSSR count). The van der Waals surface area contributed by atoms with Crippen molar-refractivity contribution in [1.82, 2.24) is 24.3 Å². The Balaban J connectivity index is 2.15. The summed E-state index contributed by atoms with van der Waals surface area (Å²) in [5.41, 5.74) is 8.59. The molecule has 0 spiro atoms. The number of pyridine rings is 1. The van der Waals surface area contributed by atoms with Crippen LogP contribution in [0.1, 0.15) is 0 Å². The molecule has 2 N–H and O–H groups in total. The summed E-state index contributed by atoms with van der Waals surface area (Å²) in [4.78, 5) is 8.26. The molecule has 0 saturated heterocycles. The lowest BCUT2D eigenvalue weighted by atomic mass is 10.2. The summed E-state index contributed by atoms with van der Waals surface area (Å²) >= 11 is 0. The molecule has 3 aromatic heterocycles. The summed E-state index contributed by atoms with van der Waals surface area (Å²) < 4.78 is 3.67. The molecule has 0 unspecified atom stereocenters. The van der Waals surface area contributed by atoms with Gasteiger partial charge in [0.25, 0.3) is 0 Å². The Labute approximate surface area is 104 Å². The van der Waals surface area contributed by atoms with Gasteiger partial charge in [-0.25, -0.2) is 9.97 Å². The van der Waals surface area contributed by atoms with Gasteiger partial charge >= 0.3 is 0 Å². The first-order valence-electron chi connectivity index (χ1n) is 5.48. The van der Waals surface area contributed by atoms with Gasteiger partial charge in [-0.2, -0.15) is 5.10 Å². The molecular weight excluding hydrogens is 228 g/mol. The van der Waals surface area contributed by atoms with Gasteiger partial charge in [-0.05, 0) is 12.1 Å². The monoisotopic (exact) mass is 240 g/mol. The minimum absolute atomic E-state index is 0.489. The molecule has 18 heavy (non-hydrogen) atoms. The van der Waals surface area contributed by atoms with Crippen molar-refractivity contribution in [3.63, 3.8) is 0 Å². The van der Waals surface area contributed by atoms with Crippen LogP contribution in [0.25, 0.3) is 16.9 Å². The Morgan fingerprint density at radius 2 is 2.17 bits per heavy atom. The number of anilines is 1. The molecule has 90 valence electrons. The van der Waals surface area contributed by atoms with Crippen molar-refractivity contribution in [2.24, 2.45) is 7.05 Å². The quantitative estimate of drug-likeness (QED) is 0.731. The number of hydrogen-bond acceptors (Lipinski definition) is 4. The van der Waals surface area contributed by atoms with Crippen LogP contribution < -0.4 is 5.73 Å². The van der Waals surface area contributed by atoms with Gasteiger partial charge in [0.05, 0.1) is 30.1 Å². The van der Waals surface area contributed by atoms with Gasteiger partial charge < -0.3 is 5.73 Å². The highest BCUT2D eigenvalue weighted by Gasteiger charge is 2.11. The lowest BCUT2D eigenvalue weighted by Crippen LogP contribution is -1.98. The van der Waals surface area contributed by atoms with Crippen LogP contribution >= 0.6 is 0 Å². The van der Waals surface area contributed by atoms with E-state index in [2.05, 4.69) is 15.1 Å². The second kappa shape index (κ2) is 3.99. The maximum atomic E-state index is 5.89. The van der Waals surface area contributed by atoms with Crippen molar-refractivity contribution >= 4 is 5.82 Å². The highest BCUT2D eigenvalue weighted by Crippen LogP contribution is 2.25. The number of hydrogen-bond donors (Lipinski definition) is 1. The number of aromatic nitrogens is 5. The van der Waals surface area contributed by atoms with Gasteiger partial charge in [-0.15, -0.1) is 0 Å². The molecule has 0 radical (unpaired) electrons. The third kappa shape index (κ3) is 1.64. The van der Waals surface area contributed by atoms with Crippen LogP contribution in [0.2, 0.25) is 0 Å². The van der Waals surface area contributed by atoms with E-state index in [1.807, 2.05) is 29.9 Å². The van der Waals surface area contributed by atoms with Crippen LogP contribution in [-0.2, 0) is 7.05 Å². The number of rotatable bonds is 2. The van der Waals surface area contributed by atoms with Crippen molar-refractivity contribution in [3.8, 4) is 16.9 Å². The van der Waals surface area contributed by atoms with E-state index in [-0.39, 0.29) is 0 Å². The standard InChI is InChI=1S/C12H12N6/c1-17-7-9(5-16-17)18-8-14-6-11(18)10-3-2-4-15-12(10)13/h2-8H,1H3,(H2,13,15). The van der Waals surface area contributed by atoms with E-state index in [0.29, 0.717) is 5.82 Å². The minimum Gasteiger partial charge on any atom is -0.383 e. The Morgan fingerprint density at radius 1 is 1.28 bits per heavy atom. The van der Waals surface area contributed by atoms with Crippen LogP contribution in [0.5, 0.6) is 0 Å². The van der Waals surface area contributed by atoms with Gasteiger partial charge in [-0.1, -0.05) is 0 Å². The van der Waals surface area contributed by atoms with E-state index in [4.69, 9.17) is 5.73 Å². The fraction of sp³-hybridized carbons (Fsp3) is 0.0833. The average Bonchev–Trinajstić information content (AvgIpc) is 2.98. The third-order valence-corrected chi connectivity index (χ3v) is 2.72. The Morgan fingerprint density at radius 3 is 2.89 bits per heavy atom. The normalized spacial score (nSPS) is 10.7. The SMILES string of the molecule is Cn1cc(-n2cncc2-c2cccnc2N)cn1. The molecule has 0 atom stereocenters. The predicted octanol–water partition coefficient (Wildman–Crippen LogP) is 1.25. The Bertz CT molecular complexity index is 681. The first kappa shape index (κ1) is 10.5. The molecule has 3 aromatic rings. The minimum atomic E-state index is 0.489. The molecule has 0 amide bonds. The topological polar surface area (TPSA) is 74.5 Å². The van der Waals surface area contributed by atoms with Gasteiger partial charge in [-0.3, -0.25) is 9.25 Å². The Hall–Kier alpha value is -2.63. The number of nitrogens with two attached hydrogens (primary N) is 1. The zero-order valence-corrected chi connectivity index (χ0v) is 9.85. The summed E-state index contributed by atoms with van der Waals surface area (Å²) in [6.45, 7) is 0. The van der Waals surface area contributed by atoms with Crippen molar-refractivity contribution < 1.29 is 0 Å². The zero-order valence-electron chi connectivity index (χ0n) is 9.85. The molecular formula is C12H12N6. The molecule has 0 aliphatic carbocycles. The summed E-state index contributed by atoms with van der Waals surface area (Å²) in [7, 11) is 1.87. The molecule has 6 heteroatoms. The molecule has 0 saturated carbocycles. The second-order valence-electron chi connectivity index (χ2n) is 3.96. The molecule has 0 aliphatic heterocycles. The molecule has 0 aliphatic rings. The van der Waals surface area contributed by atoms with Crippen molar-refractivity contribution in [2.45, 2.75) is 0 Å². The molecule has 0 aromatic carbocycles. The third-order valence-electron chi connectivity index (χ3n) is 2.72. The van der Waals surface area contributed by atoms with Gasteiger partial charge in [0.2, 0.25) is 0 Å². The predicted molar refractivity (Wildman–Crippen MR) is 68.0 cm³/mol. The average molecular weight is 240 g/mol. The lowest BCUT2D eigenvalue weighted by molar-refractivity contribution is 0.767. The fourth-order valence-corrected chi connectivity index (χ4v) is 1.87. The van der Waals surface area contributed by atoms with Crippen LogP contribution in [0.15, 0.2) is 43.2 Å². The van der Waals surface area contributed by atoms with Crippen molar-refractivity contribution in [3.05, 3.63) is 43.2 Å². The fourth-order valence-electron chi connectivity index (χ4n) is 1.87. The second-order valence-corrected chi connectivity index (χ2v) is 3.96. The maximum Gasteiger partial charge on any atom is 0.132 e. The van der Waals surface area contributed by atoms with E-state index in [1.54, 1.807) is 29.6 Å². The largest absolute Gasteiger partial charge is 0.383 e. The van der Waals surface area contributed by atoms with Crippen LogP contribution in [0.3, 0.4) is 0 Å². The first-order valence-corrected chi connectivity index (χ1v) is 5.48. The van der Waals surface area contributed by atoms with Gasteiger partial charge in [0.15, 0.2) is 0 Å². The van der Waals surface area contributed by atoms with Crippen molar-refractivity contribution in [2.75, 3.05) is 5.73 Å². The first-order chi connectivity index (χ1) is 8.75. The highest BCUT2D eigenvalue weighted by molar-refractivity contribution is 5.71. The lowest BCUT2D eigenvalue weighted by Gasteiger charge is -2.07. The molecule has 6 nitrogen and oxygen atoms in total. The smallest absolute Gasteiger partial charge is 0.132 e. The zero-order chi connectivity index (χ0) is 12.5. The van der Waals surface area contributed by atoms with Crippen molar-refractivity contribution in [1.29, 1.82) is 0 Å². The number of nitrogens with zero attached hydrogens (tertiary/aromatic N) is 5. The van der Waals surface area contributed by atoms with Crippen LogP contribution in [0.4, 0.5) is 5.82 Å². The number of aryl methyl sites for hydroxylation is 1. The summed E-state index contributed by atoms with van der Waals surface area (Å²) in [6.07, 6.45) is 8.86. The number of nitrogen functional groups attached to an aromatic ring is 1. The molecule has 0 fully saturated rings. The van der Waals surface area contributed by atoms with E-state index in [1.165, 1.54) is 0 Å². The molecule has 3 heterocycles. The van der Waals surface area contributed by atoms with Crippen LogP contribution in [-0.4, -0.2) is 24.3 Å². The summed E-state index contributed by atoms with van der Waals surface area (Å²) in [5, 5.41) is 4.15. The molecule has 0 bridgehead atoms.